The van der Waals surface area contributed by atoms with Crippen LogP contribution in [0.4, 0.5) is 5.95 Å². The van der Waals surface area contributed by atoms with E-state index in [4.69, 9.17) is 4.74 Å². The van der Waals surface area contributed by atoms with E-state index in [1.54, 1.807) is 0 Å². The Bertz CT molecular complexity index is 318. The number of hydrogen-bond acceptors (Lipinski definition) is 3. The Morgan fingerprint density at radius 2 is 2.24 bits per heavy atom. The van der Waals surface area contributed by atoms with Gasteiger partial charge in [0, 0.05) is 31.6 Å². The molecule has 1 aliphatic rings. The van der Waals surface area contributed by atoms with Crippen LogP contribution < -0.4 is 5.32 Å². The van der Waals surface area contributed by atoms with E-state index in [-0.39, 0.29) is 0 Å². The molecule has 0 aliphatic heterocycles. The Labute approximate surface area is 103 Å². The van der Waals surface area contributed by atoms with Crippen LogP contribution in [0.15, 0.2) is 12.4 Å². The quantitative estimate of drug-likeness (QED) is 0.773. The van der Waals surface area contributed by atoms with Crippen LogP contribution in [0.1, 0.15) is 45.1 Å². The molecule has 0 unspecified atom stereocenters. The van der Waals surface area contributed by atoms with E-state index in [0.29, 0.717) is 6.04 Å². The average Bonchev–Trinajstić information content (AvgIpc) is 2.84. The van der Waals surface area contributed by atoms with Gasteiger partial charge in [-0.1, -0.05) is 19.3 Å². The van der Waals surface area contributed by atoms with Crippen molar-refractivity contribution in [2.45, 2.75) is 45.1 Å². The van der Waals surface area contributed by atoms with Gasteiger partial charge in [0.1, 0.15) is 0 Å². The first-order valence-electron chi connectivity index (χ1n) is 6.76. The van der Waals surface area contributed by atoms with Crippen LogP contribution in [0.2, 0.25) is 0 Å². The minimum atomic E-state index is 0.640. The summed E-state index contributed by atoms with van der Waals surface area (Å²) in [6.45, 7) is 4.37. The molecule has 1 aromatic rings. The van der Waals surface area contributed by atoms with E-state index < -0.39 is 0 Å². The molecule has 0 bridgehead atoms. The predicted octanol–water partition coefficient (Wildman–Crippen LogP) is 2.84. The van der Waals surface area contributed by atoms with Crippen molar-refractivity contribution in [1.29, 1.82) is 0 Å². The molecule has 0 atom stereocenters. The summed E-state index contributed by atoms with van der Waals surface area (Å²) in [6.07, 6.45) is 10.6. The maximum absolute atomic E-state index is 5.32. The Kier molecular flexibility index (Phi) is 4.86. The maximum Gasteiger partial charge on any atom is 0.203 e. The molecule has 4 nitrogen and oxygen atoms in total. The molecule has 0 radical (unpaired) electrons. The average molecular weight is 237 g/mol. The molecule has 0 amide bonds. The summed E-state index contributed by atoms with van der Waals surface area (Å²) in [5.41, 5.74) is 0. The molecular weight excluding hydrogens is 214 g/mol. The van der Waals surface area contributed by atoms with E-state index in [1.165, 1.54) is 32.1 Å². The van der Waals surface area contributed by atoms with Gasteiger partial charge in [-0.05, 0) is 19.8 Å². The van der Waals surface area contributed by atoms with Crippen molar-refractivity contribution in [1.82, 2.24) is 9.55 Å². The first-order chi connectivity index (χ1) is 8.42. The second-order valence-electron chi connectivity index (χ2n) is 4.57. The molecule has 1 fully saturated rings. The summed E-state index contributed by atoms with van der Waals surface area (Å²) < 4.78 is 7.61. The second-order valence-corrected chi connectivity index (χ2v) is 4.57. The Morgan fingerprint density at radius 1 is 1.41 bits per heavy atom. The first-order valence-corrected chi connectivity index (χ1v) is 6.76. The van der Waals surface area contributed by atoms with Crippen LogP contribution in [0.25, 0.3) is 0 Å². The summed E-state index contributed by atoms with van der Waals surface area (Å²) >= 11 is 0. The van der Waals surface area contributed by atoms with E-state index >= 15 is 0 Å². The van der Waals surface area contributed by atoms with Crippen molar-refractivity contribution >= 4 is 5.95 Å². The lowest BCUT2D eigenvalue weighted by molar-refractivity contribution is 0.158. The Hall–Kier alpha value is -1.03. The summed E-state index contributed by atoms with van der Waals surface area (Å²) in [7, 11) is 0. The Balaban J connectivity index is 1.87. The van der Waals surface area contributed by atoms with Gasteiger partial charge in [0.25, 0.3) is 0 Å². The lowest BCUT2D eigenvalue weighted by Crippen LogP contribution is -2.17. The van der Waals surface area contributed by atoms with Crippen molar-refractivity contribution in [3.63, 3.8) is 0 Å². The number of aromatic nitrogens is 2. The van der Waals surface area contributed by atoms with Gasteiger partial charge in [-0.15, -0.1) is 0 Å². The molecule has 96 valence electrons. The van der Waals surface area contributed by atoms with Crippen molar-refractivity contribution in [3.8, 4) is 0 Å². The zero-order chi connectivity index (χ0) is 11.9. The number of hydrogen-bond donors (Lipinski definition) is 1. The van der Waals surface area contributed by atoms with Gasteiger partial charge in [0.15, 0.2) is 0 Å². The summed E-state index contributed by atoms with van der Waals surface area (Å²) in [6, 6.07) is 0.640. The van der Waals surface area contributed by atoms with Crippen molar-refractivity contribution in [2.24, 2.45) is 0 Å². The minimum absolute atomic E-state index is 0.640. The van der Waals surface area contributed by atoms with Crippen molar-refractivity contribution < 1.29 is 4.74 Å². The Morgan fingerprint density at radius 3 is 3.00 bits per heavy atom. The summed E-state index contributed by atoms with van der Waals surface area (Å²) in [5, 5.41) is 3.35. The van der Waals surface area contributed by atoms with Gasteiger partial charge in [-0.25, -0.2) is 4.98 Å². The molecule has 1 aliphatic carbocycles. The van der Waals surface area contributed by atoms with Gasteiger partial charge in [0.2, 0.25) is 5.95 Å². The molecule has 0 spiro atoms. The molecule has 0 aromatic carbocycles. The largest absolute Gasteiger partial charge is 0.380 e. The summed E-state index contributed by atoms with van der Waals surface area (Å²) in [4.78, 5) is 4.39. The lowest BCUT2D eigenvalue weighted by Gasteiger charge is -2.24. The highest BCUT2D eigenvalue weighted by Crippen LogP contribution is 2.29. The third-order valence-electron chi connectivity index (χ3n) is 3.37. The molecule has 0 saturated heterocycles. The van der Waals surface area contributed by atoms with E-state index in [0.717, 1.165) is 25.7 Å². The summed E-state index contributed by atoms with van der Waals surface area (Å²) in [5.74, 6) is 0.997. The van der Waals surface area contributed by atoms with Crippen LogP contribution in [0.5, 0.6) is 0 Å². The fourth-order valence-electron chi connectivity index (χ4n) is 2.48. The first kappa shape index (κ1) is 12.4. The SMILES string of the molecule is CCOCCNc1nccn1C1CCCCC1. The molecule has 17 heavy (non-hydrogen) atoms. The number of imidazole rings is 1. The van der Waals surface area contributed by atoms with Crippen LogP contribution in [0, 0.1) is 0 Å². The van der Waals surface area contributed by atoms with Gasteiger partial charge in [-0.2, -0.15) is 0 Å². The topological polar surface area (TPSA) is 39.1 Å². The van der Waals surface area contributed by atoms with Crippen molar-refractivity contribution in [3.05, 3.63) is 12.4 Å². The van der Waals surface area contributed by atoms with Crippen LogP contribution in [0.3, 0.4) is 0 Å². The highest BCUT2D eigenvalue weighted by atomic mass is 16.5. The van der Waals surface area contributed by atoms with Crippen LogP contribution in [-0.2, 0) is 4.74 Å². The smallest absolute Gasteiger partial charge is 0.203 e. The highest BCUT2D eigenvalue weighted by molar-refractivity contribution is 5.26. The second kappa shape index (κ2) is 6.64. The third kappa shape index (κ3) is 3.46. The zero-order valence-electron chi connectivity index (χ0n) is 10.7. The number of rotatable bonds is 6. The van der Waals surface area contributed by atoms with E-state index in [2.05, 4.69) is 21.1 Å². The molecular formula is C13H23N3O. The number of nitrogens with one attached hydrogen (secondary N) is 1. The molecule has 1 saturated carbocycles. The van der Waals surface area contributed by atoms with E-state index in [9.17, 15) is 0 Å². The molecule has 1 aromatic heterocycles. The molecule has 1 N–H and O–H groups in total. The number of nitrogens with zero attached hydrogens (tertiary/aromatic N) is 2. The number of ether oxygens (including phenoxy) is 1. The van der Waals surface area contributed by atoms with E-state index in [1.807, 2.05) is 13.1 Å². The van der Waals surface area contributed by atoms with Gasteiger partial charge < -0.3 is 14.6 Å². The van der Waals surface area contributed by atoms with Gasteiger partial charge in [-0.3, -0.25) is 0 Å². The van der Waals surface area contributed by atoms with Crippen LogP contribution >= 0.6 is 0 Å². The molecule has 2 rings (SSSR count). The van der Waals surface area contributed by atoms with Gasteiger partial charge in [0.05, 0.1) is 6.61 Å². The fraction of sp³-hybridized carbons (Fsp3) is 0.769. The molecule has 1 heterocycles. The third-order valence-corrected chi connectivity index (χ3v) is 3.37. The normalized spacial score (nSPS) is 17.2. The zero-order valence-corrected chi connectivity index (χ0v) is 10.7. The van der Waals surface area contributed by atoms with Gasteiger partial charge >= 0.3 is 0 Å². The predicted molar refractivity (Wildman–Crippen MR) is 69.3 cm³/mol. The van der Waals surface area contributed by atoms with Crippen molar-refractivity contribution in [2.75, 3.05) is 25.1 Å². The van der Waals surface area contributed by atoms with Crippen LogP contribution in [-0.4, -0.2) is 29.3 Å². The highest BCUT2D eigenvalue weighted by Gasteiger charge is 2.17. The minimum Gasteiger partial charge on any atom is -0.380 e. The maximum atomic E-state index is 5.32. The monoisotopic (exact) mass is 237 g/mol. The standard InChI is InChI=1S/C13H23N3O/c1-2-17-11-9-15-13-14-8-10-16(13)12-6-4-3-5-7-12/h8,10,12H,2-7,9,11H2,1H3,(H,14,15). The lowest BCUT2D eigenvalue weighted by atomic mass is 9.95. The number of anilines is 1. The molecule has 4 heteroatoms. The fourth-order valence-corrected chi connectivity index (χ4v) is 2.48.